The zero-order valence-electron chi connectivity index (χ0n) is 9.35. The van der Waals surface area contributed by atoms with Crippen LogP contribution in [0.15, 0.2) is 46.7 Å². The Kier molecular flexibility index (Phi) is 4.36. The van der Waals surface area contributed by atoms with Crippen molar-refractivity contribution in [3.63, 3.8) is 0 Å². The van der Waals surface area contributed by atoms with Crippen LogP contribution in [0.1, 0.15) is 5.56 Å². The predicted molar refractivity (Wildman–Crippen MR) is 70.4 cm³/mol. The van der Waals surface area contributed by atoms with Crippen LogP contribution in [0.2, 0.25) is 5.02 Å². The van der Waals surface area contributed by atoms with E-state index in [1.165, 1.54) is 11.8 Å². The minimum atomic E-state index is 0.729. The van der Waals surface area contributed by atoms with Crippen LogP contribution in [0.5, 0.6) is 0 Å². The quantitative estimate of drug-likeness (QED) is 0.863. The van der Waals surface area contributed by atoms with Gasteiger partial charge in [-0.3, -0.25) is 0 Å². The highest BCUT2D eigenvalue weighted by Gasteiger charge is 2.08. The first kappa shape index (κ1) is 12.4. The van der Waals surface area contributed by atoms with E-state index in [1.807, 2.05) is 25.2 Å². The highest BCUT2D eigenvalue weighted by molar-refractivity contribution is 7.99. The number of hydrogen-bond donors (Lipinski definition) is 1. The summed E-state index contributed by atoms with van der Waals surface area (Å²) >= 11 is 7.70. The van der Waals surface area contributed by atoms with Crippen LogP contribution in [0.3, 0.4) is 0 Å². The molecule has 0 unspecified atom stereocenters. The fourth-order valence-electron chi connectivity index (χ4n) is 1.42. The molecule has 2 rings (SSSR count). The number of nitrogens with one attached hydrogen (secondary N) is 1. The summed E-state index contributed by atoms with van der Waals surface area (Å²) in [6.07, 6.45) is 3.47. The Balaban J connectivity index is 2.29. The van der Waals surface area contributed by atoms with E-state index in [9.17, 15) is 0 Å². The van der Waals surface area contributed by atoms with E-state index in [0.29, 0.717) is 0 Å². The Bertz CT molecular complexity index is 490. The SMILES string of the molecule is CNCc1c(Cl)cccc1Sc1ncccn1. The van der Waals surface area contributed by atoms with E-state index in [4.69, 9.17) is 11.6 Å². The summed E-state index contributed by atoms with van der Waals surface area (Å²) in [5.74, 6) is 0. The second-order valence-electron chi connectivity index (χ2n) is 3.38. The summed E-state index contributed by atoms with van der Waals surface area (Å²) in [6, 6.07) is 7.66. The van der Waals surface area contributed by atoms with Gasteiger partial charge >= 0.3 is 0 Å². The van der Waals surface area contributed by atoms with Crippen LogP contribution in [0, 0.1) is 0 Å². The first-order chi connectivity index (χ1) is 8.31. The van der Waals surface area contributed by atoms with Crippen LogP contribution < -0.4 is 5.32 Å². The van der Waals surface area contributed by atoms with Gasteiger partial charge in [-0.05, 0) is 42.6 Å². The molecule has 1 aromatic carbocycles. The van der Waals surface area contributed by atoms with E-state index < -0.39 is 0 Å². The van der Waals surface area contributed by atoms with E-state index in [-0.39, 0.29) is 0 Å². The summed E-state index contributed by atoms with van der Waals surface area (Å²) in [5, 5.41) is 4.61. The number of halogens is 1. The lowest BCUT2D eigenvalue weighted by Crippen LogP contribution is -2.06. The van der Waals surface area contributed by atoms with Crippen molar-refractivity contribution in [2.45, 2.75) is 16.6 Å². The topological polar surface area (TPSA) is 37.8 Å². The van der Waals surface area contributed by atoms with Gasteiger partial charge in [0.2, 0.25) is 0 Å². The second-order valence-corrected chi connectivity index (χ2v) is 4.80. The number of rotatable bonds is 4. The smallest absolute Gasteiger partial charge is 0.192 e. The summed E-state index contributed by atoms with van der Waals surface area (Å²) in [6.45, 7) is 0.731. The molecule has 5 heteroatoms. The first-order valence-corrected chi connectivity index (χ1v) is 6.37. The maximum absolute atomic E-state index is 6.18. The molecule has 1 heterocycles. The molecule has 0 atom stereocenters. The Labute approximate surface area is 110 Å². The standard InChI is InChI=1S/C12H12ClN3S/c1-14-8-9-10(13)4-2-5-11(9)17-12-15-6-3-7-16-12/h2-7,14H,8H2,1H3. The number of aromatic nitrogens is 2. The van der Waals surface area contributed by atoms with Crippen LogP contribution in [-0.2, 0) is 6.54 Å². The average Bonchev–Trinajstić information content (AvgIpc) is 2.35. The van der Waals surface area contributed by atoms with Gasteiger partial charge in [-0.2, -0.15) is 0 Å². The highest BCUT2D eigenvalue weighted by Crippen LogP contribution is 2.31. The zero-order chi connectivity index (χ0) is 12.1. The van der Waals surface area contributed by atoms with E-state index in [1.54, 1.807) is 18.5 Å². The molecule has 0 saturated heterocycles. The third kappa shape index (κ3) is 3.19. The van der Waals surface area contributed by atoms with Crippen molar-refractivity contribution in [3.8, 4) is 0 Å². The normalized spacial score (nSPS) is 10.5. The highest BCUT2D eigenvalue weighted by atomic mass is 35.5. The van der Waals surface area contributed by atoms with Crippen LogP contribution in [0.25, 0.3) is 0 Å². The molecule has 17 heavy (non-hydrogen) atoms. The number of hydrogen-bond acceptors (Lipinski definition) is 4. The molecule has 0 aliphatic carbocycles. The van der Waals surface area contributed by atoms with Crippen molar-refractivity contribution in [2.75, 3.05) is 7.05 Å². The lowest BCUT2D eigenvalue weighted by molar-refractivity contribution is 0.803. The average molecular weight is 266 g/mol. The molecule has 0 aliphatic heterocycles. The zero-order valence-corrected chi connectivity index (χ0v) is 10.9. The van der Waals surface area contributed by atoms with Crippen molar-refractivity contribution >= 4 is 23.4 Å². The molecule has 0 fully saturated rings. The van der Waals surface area contributed by atoms with Gasteiger partial charge in [-0.25, -0.2) is 9.97 Å². The van der Waals surface area contributed by atoms with Gasteiger partial charge in [0.05, 0.1) is 0 Å². The number of benzene rings is 1. The second kappa shape index (κ2) is 6.00. The molecular weight excluding hydrogens is 254 g/mol. The molecule has 0 bridgehead atoms. The molecule has 0 spiro atoms. The largest absolute Gasteiger partial charge is 0.316 e. The van der Waals surface area contributed by atoms with Crippen LogP contribution in [0.4, 0.5) is 0 Å². The van der Waals surface area contributed by atoms with Gasteiger partial charge in [0.25, 0.3) is 0 Å². The van der Waals surface area contributed by atoms with E-state index in [2.05, 4.69) is 15.3 Å². The van der Waals surface area contributed by atoms with Gasteiger partial charge in [0.15, 0.2) is 5.16 Å². The molecular formula is C12H12ClN3S. The summed E-state index contributed by atoms with van der Waals surface area (Å²) in [7, 11) is 1.90. The molecule has 3 nitrogen and oxygen atoms in total. The third-order valence-corrected chi connectivity index (χ3v) is 3.52. The third-order valence-electron chi connectivity index (χ3n) is 2.17. The van der Waals surface area contributed by atoms with Crippen molar-refractivity contribution in [1.29, 1.82) is 0 Å². The van der Waals surface area contributed by atoms with Crippen molar-refractivity contribution < 1.29 is 0 Å². The Morgan fingerprint density at radius 3 is 2.71 bits per heavy atom. The molecule has 0 amide bonds. The van der Waals surface area contributed by atoms with E-state index >= 15 is 0 Å². The van der Waals surface area contributed by atoms with Gasteiger partial charge in [-0.15, -0.1) is 0 Å². The molecule has 0 radical (unpaired) electrons. The summed E-state index contributed by atoms with van der Waals surface area (Å²) in [4.78, 5) is 9.47. The van der Waals surface area contributed by atoms with Gasteiger partial charge < -0.3 is 5.32 Å². The minimum absolute atomic E-state index is 0.729. The number of nitrogens with zero attached hydrogens (tertiary/aromatic N) is 2. The molecule has 88 valence electrons. The predicted octanol–water partition coefficient (Wildman–Crippen LogP) is 3.00. The van der Waals surface area contributed by atoms with Crippen molar-refractivity contribution in [3.05, 3.63) is 47.2 Å². The molecule has 0 saturated carbocycles. The van der Waals surface area contributed by atoms with Crippen LogP contribution in [-0.4, -0.2) is 17.0 Å². The van der Waals surface area contributed by atoms with Crippen molar-refractivity contribution in [2.24, 2.45) is 0 Å². The lowest BCUT2D eigenvalue weighted by atomic mass is 10.2. The Morgan fingerprint density at radius 1 is 1.24 bits per heavy atom. The molecule has 2 aromatic rings. The maximum Gasteiger partial charge on any atom is 0.192 e. The minimum Gasteiger partial charge on any atom is -0.316 e. The Hall–Kier alpha value is -1.10. The first-order valence-electron chi connectivity index (χ1n) is 5.18. The van der Waals surface area contributed by atoms with Gasteiger partial charge in [0, 0.05) is 28.9 Å². The monoisotopic (exact) mass is 265 g/mol. The summed E-state index contributed by atoms with van der Waals surface area (Å²) in [5.41, 5.74) is 1.08. The Morgan fingerprint density at radius 2 is 2.00 bits per heavy atom. The van der Waals surface area contributed by atoms with Crippen LogP contribution >= 0.6 is 23.4 Å². The molecule has 1 aromatic heterocycles. The van der Waals surface area contributed by atoms with E-state index in [0.717, 1.165) is 27.2 Å². The van der Waals surface area contributed by atoms with Gasteiger partial charge in [0.1, 0.15) is 0 Å². The fraction of sp³-hybridized carbons (Fsp3) is 0.167. The van der Waals surface area contributed by atoms with Gasteiger partial charge in [-0.1, -0.05) is 17.7 Å². The lowest BCUT2D eigenvalue weighted by Gasteiger charge is -2.09. The molecule has 0 aliphatic rings. The maximum atomic E-state index is 6.18. The fourth-order valence-corrected chi connectivity index (χ4v) is 2.59. The summed E-state index contributed by atoms with van der Waals surface area (Å²) < 4.78 is 0. The molecule has 1 N–H and O–H groups in total. The van der Waals surface area contributed by atoms with Crippen molar-refractivity contribution in [1.82, 2.24) is 15.3 Å².